The second-order valence-electron chi connectivity index (χ2n) is 4.26. The number of aromatic nitrogens is 3. The fourth-order valence-corrected chi connectivity index (χ4v) is 1.92. The molecule has 0 unspecified atom stereocenters. The Kier molecular flexibility index (Phi) is 3.08. The van der Waals surface area contributed by atoms with Crippen molar-refractivity contribution in [1.29, 1.82) is 0 Å². The zero-order chi connectivity index (χ0) is 13.1. The summed E-state index contributed by atoms with van der Waals surface area (Å²) in [6.07, 6.45) is 3.57. The summed E-state index contributed by atoms with van der Waals surface area (Å²) in [5.74, 6) is 0.837. The Morgan fingerprint density at radius 1 is 1.00 bits per heavy atom. The maximum atomic E-state index is 5.59. The van der Waals surface area contributed by atoms with Gasteiger partial charge in [0, 0.05) is 18.3 Å². The number of pyridine rings is 1. The molecule has 2 heterocycles. The first-order valence-electron chi connectivity index (χ1n) is 6.12. The second kappa shape index (κ2) is 5.04. The van der Waals surface area contributed by atoms with Crippen molar-refractivity contribution in [2.45, 2.75) is 6.54 Å². The minimum Gasteiger partial charge on any atom is -0.337 e. The monoisotopic (exact) mass is 250 g/mol. The van der Waals surface area contributed by atoms with Crippen molar-refractivity contribution >= 4 is 0 Å². The van der Waals surface area contributed by atoms with Crippen molar-refractivity contribution in [1.82, 2.24) is 15.0 Å². The predicted octanol–water partition coefficient (Wildman–Crippen LogP) is 2.60. The molecule has 0 aliphatic carbocycles. The van der Waals surface area contributed by atoms with Crippen molar-refractivity contribution in [3.8, 4) is 22.8 Å². The number of rotatable bonds is 3. The van der Waals surface area contributed by atoms with Gasteiger partial charge in [0.05, 0.1) is 17.6 Å². The molecule has 0 amide bonds. The molecule has 94 valence electrons. The van der Waals surface area contributed by atoms with Crippen LogP contribution in [0, 0.1) is 0 Å². The molecule has 0 fully saturated rings. The number of nitrogens with zero attached hydrogens (tertiary/aromatic N) is 2. The lowest BCUT2D eigenvalue weighted by Gasteiger charge is -1.99. The van der Waals surface area contributed by atoms with Crippen molar-refractivity contribution < 1.29 is 0 Å². The highest BCUT2D eigenvalue weighted by Crippen LogP contribution is 2.20. The van der Waals surface area contributed by atoms with Crippen LogP contribution >= 0.6 is 0 Å². The van der Waals surface area contributed by atoms with Gasteiger partial charge in [-0.25, -0.2) is 4.98 Å². The first-order chi connectivity index (χ1) is 9.36. The van der Waals surface area contributed by atoms with E-state index < -0.39 is 0 Å². The van der Waals surface area contributed by atoms with Gasteiger partial charge in [0.25, 0.3) is 0 Å². The Morgan fingerprint density at radius 2 is 1.84 bits per heavy atom. The average molecular weight is 250 g/mol. The Bertz CT molecular complexity index is 656. The molecule has 0 atom stereocenters. The Balaban J connectivity index is 1.92. The first-order valence-corrected chi connectivity index (χ1v) is 6.12. The van der Waals surface area contributed by atoms with Crippen LogP contribution in [-0.2, 0) is 6.54 Å². The van der Waals surface area contributed by atoms with Crippen molar-refractivity contribution in [2.24, 2.45) is 5.73 Å². The lowest BCUT2D eigenvalue weighted by atomic mass is 10.1. The van der Waals surface area contributed by atoms with Crippen LogP contribution in [0.1, 0.15) is 5.56 Å². The minimum atomic E-state index is 0.553. The SMILES string of the molecule is NCc1ccc(-c2ncc(-c3ccccn3)[nH]2)cc1. The fraction of sp³-hybridized carbons (Fsp3) is 0.0667. The van der Waals surface area contributed by atoms with E-state index in [2.05, 4.69) is 15.0 Å². The maximum Gasteiger partial charge on any atom is 0.137 e. The van der Waals surface area contributed by atoms with Crippen LogP contribution in [0.25, 0.3) is 22.8 Å². The minimum absolute atomic E-state index is 0.553. The van der Waals surface area contributed by atoms with E-state index in [-0.39, 0.29) is 0 Å². The van der Waals surface area contributed by atoms with Crippen LogP contribution in [0.4, 0.5) is 0 Å². The molecule has 0 radical (unpaired) electrons. The number of nitrogens with two attached hydrogens (primary N) is 1. The van der Waals surface area contributed by atoms with Gasteiger partial charge in [-0.1, -0.05) is 30.3 Å². The average Bonchev–Trinajstić information content (AvgIpc) is 2.98. The number of hydrogen-bond acceptors (Lipinski definition) is 3. The fourth-order valence-electron chi connectivity index (χ4n) is 1.92. The molecular weight excluding hydrogens is 236 g/mol. The molecule has 4 nitrogen and oxygen atoms in total. The number of imidazole rings is 1. The number of hydrogen-bond donors (Lipinski definition) is 2. The standard InChI is InChI=1S/C15H14N4/c16-9-11-4-6-12(7-5-11)15-18-10-14(19-15)13-3-1-2-8-17-13/h1-8,10H,9,16H2,(H,18,19). The van der Waals surface area contributed by atoms with E-state index in [0.29, 0.717) is 6.54 Å². The lowest BCUT2D eigenvalue weighted by Crippen LogP contribution is -1.95. The van der Waals surface area contributed by atoms with Gasteiger partial charge >= 0.3 is 0 Å². The summed E-state index contributed by atoms with van der Waals surface area (Å²) in [6, 6.07) is 13.9. The van der Waals surface area contributed by atoms with Crippen LogP contribution in [0.2, 0.25) is 0 Å². The van der Waals surface area contributed by atoms with Crippen LogP contribution < -0.4 is 5.73 Å². The van der Waals surface area contributed by atoms with Gasteiger partial charge in [-0.2, -0.15) is 0 Å². The molecule has 19 heavy (non-hydrogen) atoms. The Hall–Kier alpha value is -2.46. The number of nitrogens with one attached hydrogen (secondary N) is 1. The summed E-state index contributed by atoms with van der Waals surface area (Å²) in [5.41, 5.74) is 9.54. The normalized spacial score (nSPS) is 10.6. The van der Waals surface area contributed by atoms with Crippen LogP contribution in [0.5, 0.6) is 0 Å². The summed E-state index contributed by atoms with van der Waals surface area (Å²) in [5, 5.41) is 0. The summed E-state index contributed by atoms with van der Waals surface area (Å²) >= 11 is 0. The highest BCUT2D eigenvalue weighted by atomic mass is 14.9. The van der Waals surface area contributed by atoms with Crippen molar-refractivity contribution in [2.75, 3.05) is 0 Å². The molecule has 3 N–H and O–H groups in total. The molecular formula is C15H14N4. The molecule has 4 heteroatoms. The molecule has 2 aromatic heterocycles. The van der Waals surface area contributed by atoms with Gasteiger partial charge in [0.15, 0.2) is 0 Å². The third-order valence-electron chi connectivity index (χ3n) is 2.98. The molecule has 0 bridgehead atoms. The zero-order valence-corrected chi connectivity index (χ0v) is 10.4. The van der Waals surface area contributed by atoms with Gasteiger partial charge in [-0.05, 0) is 17.7 Å². The lowest BCUT2D eigenvalue weighted by molar-refractivity contribution is 1.07. The molecule has 0 saturated heterocycles. The van der Waals surface area contributed by atoms with Gasteiger partial charge in [0.1, 0.15) is 5.82 Å². The molecule has 0 spiro atoms. The predicted molar refractivity (Wildman–Crippen MR) is 75.1 cm³/mol. The molecule has 3 rings (SSSR count). The van der Waals surface area contributed by atoms with E-state index in [1.165, 1.54) is 0 Å². The van der Waals surface area contributed by atoms with E-state index in [0.717, 1.165) is 28.3 Å². The summed E-state index contributed by atoms with van der Waals surface area (Å²) in [6.45, 7) is 0.553. The molecule has 0 saturated carbocycles. The Morgan fingerprint density at radius 3 is 2.53 bits per heavy atom. The van der Waals surface area contributed by atoms with E-state index in [9.17, 15) is 0 Å². The summed E-state index contributed by atoms with van der Waals surface area (Å²) < 4.78 is 0. The second-order valence-corrected chi connectivity index (χ2v) is 4.26. The quantitative estimate of drug-likeness (QED) is 0.750. The number of benzene rings is 1. The number of H-pyrrole nitrogens is 1. The van der Waals surface area contributed by atoms with E-state index in [1.807, 2.05) is 42.5 Å². The van der Waals surface area contributed by atoms with E-state index in [4.69, 9.17) is 5.73 Å². The van der Waals surface area contributed by atoms with E-state index in [1.54, 1.807) is 12.4 Å². The van der Waals surface area contributed by atoms with Crippen molar-refractivity contribution in [3.63, 3.8) is 0 Å². The topological polar surface area (TPSA) is 67.6 Å². The maximum absolute atomic E-state index is 5.59. The van der Waals surface area contributed by atoms with Gasteiger partial charge in [-0.15, -0.1) is 0 Å². The van der Waals surface area contributed by atoms with Gasteiger partial charge in [0.2, 0.25) is 0 Å². The zero-order valence-electron chi connectivity index (χ0n) is 10.4. The summed E-state index contributed by atoms with van der Waals surface area (Å²) in [7, 11) is 0. The van der Waals surface area contributed by atoms with Crippen LogP contribution in [-0.4, -0.2) is 15.0 Å². The van der Waals surface area contributed by atoms with Crippen molar-refractivity contribution in [3.05, 3.63) is 60.4 Å². The van der Waals surface area contributed by atoms with Gasteiger partial charge in [-0.3, -0.25) is 4.98 Å². The number of aromatic amines is 1. The molecule has 1 aromatic carbocycles. The van der Waals surface area contributed by atoms with E-state index >= 15 is 0 Å². The largest absolute Gasteiger partial charge is 0.337 e. The highest BCUT2D eigenvalue weighted by molar-refractivity contribution is 5.62. The highest BCUT2D eigenvalue weighted by Gasteiger charge is 2.05. The molecule has 3 aromatic rings. The first kappa shape index (κ1) is 11.6. The third-order valence-corrected chi connectivity index (χ3v) is 2.98. The Labute approximate surface area is 111 Å². The van der Waals surface area contributed by atoms with Crippen LogP contribution in [0.3, 0.4) is 0 Å². The summed E-state index contributed by atoms with van der Waals surface area (Å²) in [4.78, 5) is 12.0. The van der Waals surface area contributed by atoms with Gasteiger partial charge < -0.3 is 10.7 Å². The molecule has 0 aliphatic heterocycles. The smallest absolute Gasteiger partial charge is 0.137 e. The van der Waals surface area contributed by atoms with Crippen LogP contribution in [0.15, 0.2) is 54.9 Å². The molecule has 0 aliphatic rings. The third kappa shape index (κ3) is 2.39.